The molecular weight excluding hydrogens is 314 g/mol. The summed E-state index contributed by atoms with van der Waals surface area (Å²) in [5.41, 5.74) is 1.25. The quantitative estimate of drug-likeness (QED) is 0.681. The van der Waals surface area contributed by atoms with Crippen molar-refractivity contribution < 1.29 is 14.4 Å². The number of benzene rings is 2. The van der Waals surface area contributed by atoms with Gasteiger partial charge in [-0.15, -0.1) is 0 Å². The molecule has 1 N–H and O–H groups in total. The number of hydrogen-bond acceptors (Lipinski definition) is 3. The zero-order valence-electron chi connectivity index (χ0n) is 14.6. The van der Waals surface area contributed by atoms with Crippen LogP contribution in [0.4, 0.5) is 0 Å². The average Bonchev–Trinajstić information content (AvgIpc) is 2.59. The van der Waals surface area contributed by atoms with Crippen LogP contribution in [-0.2, 0) is 4.79 Å². The van der Waals surface area contributed by atoms with Crippen molar-refractivity contribution in [3.63, 3.8) is 0 Å². The van der Waals surface area contributed by atoms with Crippen LogP contribution < -0.4 is 5.32 Å². The van der Waals surface area contributed by atoms with Crippen LogP contribution >= 0.6 is 0 Å². The van der Waals surface area contributed by atoms with Crippen molar-refractivity contribution in [1.29, 1.82) is 0 Å². The fraction of sp³-hybridized carbons (Fsp3) is 0.190. The van der Waals surface area contributed by atoms with Crippen LogP contribution in [0.25, 0.3) is 6.08 Å². The van der Waals surface area contributed by atoms with Crippen molar-refractivity contribution in [2.75, 3.05) is 0 Å². The lowest BCUT2D eigenvalue weighted by Gasteiger charge is -2.16. The summed E-state index contributed by atoms with van der Waals surface area (Å²) in [6.45, 7) is 5.52. The number of Topliss-reactive ketones (excluding diaryl/α,β-unsaturated/α-hetero) is 1. The molecule has 0 saturated carbocycles. The molecule has 128 valence electrons. The first-order chi connectivity index (χ1) is 11.8. The number of imide groups is 1. The van der Waals surface area contributed by atoms with E-state index in [0.29, 0.717) is 11.1 Å². The third-order valence-electron chi connectivity index (χ3n) is 3.55. The first-order valence-electron chi connectivity index (χ1n) is 8.01. The van der Waals surface area contributed by atoms with Gasteiger partial charge in [-0.1, -0.05) is 63.2 Å². The van der Waals surface area contributed by atoms with Gasteiger partial charge in [0.15, 0.2) is 5.78 Å². The highest BCUT2D eigenvalue weighted by molar-refractivity contribution is 6.09. The first-order valence-corrected chi connectivity index (χ1v) is 8.01. The standard InChI is InChI=1S/C21H21NO3/c1-21(2,3)19(24)16-10-12-17(13-11-16)20(25)22-18(23)14-9-15-7-5-4-6-8-15/h4-14H,1-3H3,(H,22,23,25). The number of hydrogen-bond donors (Lipinski definition) is 1. The Morgan fingerprint density at radius 3 is 1.96 bits per heavy atom. The maximum absolute atomic E-state index is 12.2. The minimum atomic E-state index is -0.502. The summed E-state index contributed by atoms with van der Waals surface area (Å²) in [6, 6.07) is 15.6. The number of carbonyl (C=O) groups excluding carboxylic acids is 3. The van der Waals surface area contributed by atoms with E-state index in [2.05, 4.69) is 5.32 Å². The lowest BCUT2D eigenvalue weighted by Crippen LogP contribution is -2.28. The summed E-state index contributed by atoms with van der Waals surface area (Å²) in [5, 5.41) is 2.30. The van der Waals surface area contributed by atoms with Gasteiger partial charge in [0.1, 0.15) is 0 Å². The van der Waals surface area contributed by atoms with E-state index in [4.69, 9.17) is 0 Å². The molecule has 25 heavy (non-hydrogen) atoms. The molecule has 0 unspecified atom stereocenters. The highest BCUT2D eigenvalue weighted by Crippen LogP contribution is 2.20. The second-order valence-electron chi connectivity index (χ2n) is 6.72. The number of nitrogens with one attached hydrogen (secondary N) is 1. The molecule has 2 amide bonds. The third kappa shape index (κ3) is 5.24. The number of amides is 2. The minimum Gasteiger partial charge on any atom is -0.294 e. The number of ketones is 1. The Hall–Kier alpha value is -3.01. The SMILES string of the molecule is CC(C)(C)C(=O)c1ccc(C(=O)NC(=O)C=Cc2ccccc2)cc1. The summed E-state index contributed by atoms with van der Waals surface area (Å²) < 4.78 is 0. The van der Waals surface area contributed by atoms with Crippen LogP contribution in [0.3, 0.4) is 0 Å². The molecule has 2 rings (SSSR count). The third-order valence-corrected chi connectivity index (χ3v) is 3.55. The molecule has 4 nitrogen and oxygen atoms in total. The lowest BCUT2D eigenvalue weighted by atomic mass is 9.86. The zero-order valence-corrected chi connectivity index (χ0v) is 14.6. The predicted molar refractivity (Wildman–Crippen MR) is 98.2 cm³/mol. The molecule has 0 aliphatic heterocycles. The van der Waals surface area contributed by atoms with Crippen LogP contribution in [0.5, 0.6) is 0 Å². The molecular formula is C21H21NO3. The number of carbonyl (C=O) groups is 3. The second kappa shape index (κ2) is 7.71. The van der Waals surface area contributed by atoms with E-state index < -0.39 is 17.2 Å². The van der Waals surface area contributed by atoms with Crippen LogP contribution in [0.2, 0.25) is 0 Å². The van der Waals surface area contributed by atoms with Crippen LogP contribution in [0, 0.1) is 5.41 Å². The maximum atomic E-state index is 12.2. The fourth-order valence-electron chi connectivity index (χ4n) is 2.17. The molecule has 0 heterocycles. The zero-order chi connectivity index (χ0) is 18.4. The Morgan fingerprint density at radius 1 is 0.840 bits per heavy atom. The van der Waals surface area contributed by atoms with E-state index in [0.717, 1.165) is 5.56 Å². The van der Waals surface area contributed by atoms with E-state index in [1.165, 1.54) is 6.08 Å². The van der Waals surface area contributed by atoms with Gasteiger partial charge < -0.3 is 0 Å². The van der Waals surface area contributed by atoms with Crippen molar-refractivity contribution >= 4 is 23.7 Å². The predicted octanol–water partition coefficient (Wildman–Crippen LogP) is 3.89. The summed E-state index contributed by atoms with van der Waals surface area (Å²) in [7, 11) is 0. The van der Waals surface area contributed by atoms with Gasteiger partial charge >= 0.3 is 0 Å². The highest BCUT2D eigenvalue weighted by atomic mass is 16.2. The molecule has 0 fully saturated rings. The van der Waals surface area contributed by atoms with Gasteiger partial charge in [-0.2, -0.15) is 0 Å². The maximum Gasteiger partial charge on any atom is 0.258 e. The van der Waals surface area contributed by atoms with Gasteiger partial charge in [-0.25, -0.2) is 0 Å². The Balaban J connectivity index is 2.00. The van der Waals surface area contributed by atoms with Gasteiger partial charge in [0.05, 0.1) is 0 Å². The Morgan fingerprint density at radius 2 is 1.40 bits per heavy atom. The van der Waals surface area contributed by atoms with Crippen molar-refractivity contribution in [2.45, 2.75) is 20.8 Å². The van der Waals surface area contributed by atoms with E-state index >= 15 is 0 Å². The number of rotatable bonds is 4. The highest BCUT2D eigenvalue weighted by Gasteiger charge is 2.22. The molecule has 2 aromatic carbocycles. The van der Waals surface area contributed by atoms with Crippen molar-refractivity contribution in [1.82, 2.24) is 5.32 Å². The Labute approximate surface area is 147 Å². The van der Waals surface area contributed by atoms with Crippen molar-refractivity contribution in [2.24, 2.45) is 5.41 Å². The smallest absolute Gasteiger partial charge is 0.258 e. The van der Waals surface area contributed by atoms with E-state index in [9.17, 15) is 14.4 Å². The van der Waals surface area contributed by atoms with Gasteiger partial charge in [0, 0.05) is 22.6 Å². The van der Waals surface area contributed by atoms with Gasteiger partial charge in [0.2, 0.25) is 0 Å². The summed E-state index contributed by atoms with van der Waals surface area (Å²) in [5.74, 6) is -0.998. The summed E-state index contributed by atoms with van der Waals surface area (Å²) in [6.07, 6.45) is 2.94. The fourth-order valence-corrected chi connectivity index (χ4v) is 2.17. The first kappa shape index (κ1) is 18.3. The monoisotopic (exact) mass is 335 g/mol. The molecule has 0 saturated heterocycles. The van der Waals surface area contributed by atoms with Gasteiger partial charge in [-0.05, 0) is 23.8 Å². The normalized spacial score (nSPS) is 11.3. The second-order valence-corrected chi connectivity index (χ2v) is 6.72. The minimum absolute atomic E-state index is 0.00123. The van der Waals surface area contributed by atoms with Crippen molar-refractivity contribution in [3.05, 3.63) is 77.4 Å². The Bertz CT molecular complexity index is 797. The molecule has 0 spiro atoms. The van der Waals surface area contributed by atoms with Gasteiger partial charge in [0.25, 0.3) is 11.8 Å². The molecule has 0 aromatic heterocycles. The average molecular weight is 335 g/mol. The van der Waals surface area contributed by atoms with Crippen LogP contribution in [0.1, 0.15) is 47.1 Å². The topological polar surface area (TPSA) is 63.2 Å². The van der Waals surface area contributed by atoms with Crippen LogP contribution in [-0.4, -0.2) is 17.6 Å². The largest absolute Gasteiger partial charge is 0.294 e. The van der Waals surface area contributed by atoms with Gasteiger partial charge in [-0.3, -0.25) is 19.7 Å². The molecule has 0 aliphatic carbocycles. The molecule has 0 bridgehead atoms. The summed E-state index contributed by atoms with van der Waals surface area (Å²) in [4.78, 5) is 36.1. The molecule has 2 aromatic rings. The van der Waals surface area contributed by atoms with E-state index in [-0.39, 0.29) is 5.78 Å². The van der Waals surface area contributed by atoms with Crippen molar-refractivity contribution in [3.8, 4) is 0 Å². The molecule has 4 heteroatoms. The van der Waals surface area contributed by atoms with E-state index in [1.807, 2.05) is 51.1 Å². The molecule has 0 atom stereocenters. The summed E-state index contributed by atoms with van der Waals surface area (Å²) >= 11 is 0. The molecule has 0 aliphatic rings. The Kier molecular flexibility index (Phi) is 5.65. The molecule has 0 radical (unpaired) electrons. The van der Waals surface area contributed by atoms with Crippen LogP contribution in [0.15, 0.2) is 60.7 Å². The lowest BCUT2D eigenvalue weighted by molar-refractivity contribution is -0.115. The van der Waals surface area contributed by atoms with E-state index in [1.54, 1.807) is 30.3 Å².